The summed E-state index contributed by atoms with van der Waals surface area (Å²) in [6.45, 7) is 2.02. The topological polar surface area (TPSA) is 62.3 Å². The second-order valence-electron chi connectivity index (χ2n) is 4.13. The zero-order valence-electron chi connectivity index (χ0n) is 9.86. The number of H-pyrrole nitrogens is 1. The van der Waals surface area contributed by atoms with Gasteiger partial charge in [-0.25, -0.2) is 4.79 Å². The fraction of sp³-hybridized carbons (Fsp3) is 0.308. The SMILES string of the molecule is CO[C@@H](Cc1c[nH]c2cc(C)ccc12)C(=O)O. The van der Waals surface area contributed by atoms with Crippen molar-refractivity contribution in [2.24, 2.45) is 0 Å². The van der Waals surface area contributed by atoms with E-state index in [-0.39, 0.29) is 0 Å². The second kappa shape index (κ2) is 4.59. The molecule has 0 radical (unpaired) electrons. The molecule has 1 aromatic heterocycles. The van der Waals surface area contributed by atoms with Gasteiger partial charge in [0.25, 0.3) is 0 Å². The van der Waals surface area contributed by atoms with Crippen molar-refractivity contribution < 1.29 is 14.6 Å². The number of ether oxygens (including phenoxy) is 1. The number of aliphatic carboxylic acids is 1. The molecular formula is C13H15NO3. The normalized spacial score (nSPS) is 12.8. The van der Waals surface area contributed by atoms with Crippen molar-refractivity contribution in [2.45, 2.75) is 19.4 Å². The molecule has 0 aliphatic heterocycles. The van der Waals surface area contributed by atoms with Gasteiger partial charge in [-0.05, 0) is 24.1 Å². The molecule has 1 aromatic carbocycles. The minimum atomic E-state index is -0.936. The van der Waals surface area contributed by atoms with E-state index in [9.17, 15) is 4.79 Å². The quantitative estimate of drug-likeness (QED) is 0.850. The highest BCUT2D eigenvalue weighted by atomic mass is 16.5. The fourth-order valence-electron chi connectivity index (χ4n) is 1.94. The smallest absolute Gasteiger partial charge is 0.333 e. The molecule has 1 atom stereocenters. The number of carbonyl (C=O) groups is 1. The molecule has 4 nitrogen and oxygen atoms in total. The number of aromatic amines is 1. The van der Waals surface area contributed by atoms with Crippen LogP contribution in [0.2, 0.25) is 0 Å². The van der Waals surface area contributed by atoms with Crippen LogP contribution in [0.15, 0.2) is 24.4 Å². The maximum atomic E-state index is 10.9. The molecule has 0 saturated heterocycles. The molecule has 0 aliphatic rings. The molecule has 17 heavy (non-hydrogen) atoms. The van der Waals surface area contributed by atoms with Crippen LogP contribution in [-0.2, 0) is 16.0 Å². The van der Waals surface area contributed by atoms with Crippen molar-refractivity contribution in [3.8, 4) is 0 Å². The number of hydrogen-bond donors (Lipinski definition) is 2. The lowest BCUT2D eigenvalue weighted by atomic mass is 10.1. The molecule has 0 fully saturated rings. The first-order chi connectivity index (χ1) is 8.11. The highest BCUT2D eigenvalue weighted by molar-refractivity contribution is 5.84. The Hall–Kier alpha value is -1.81. The lowest BCUT2D eigenvalue weighted by molar-refractivity contribution is -0.148. The van der Waals surface area contributed by atoms with Crippen molar-refractivity contribution in [1.29, 1.82) is 0 Å². The van der Waals surface area contributed by atoms with Crippen molar-refractivity contribution in [3.05, 3.63) is 35.5 Å². The molecule has 0 saturated carbocycles. The average Bonchev–Trinajstić information content (AvgIpc) is 2.67. The molecule has 4 heteroatoms. The highest BCUT2D eigenvalue weighted by Gasteiger charge is 2.18. The van der Waals surface area contributed by atoms with Gasteiger partial charge in [-0.1, -0.05) is 12.1 Å². The fourth-order valence-corrected chi connectivity index (χ4v) is 1.94. The van der Waals surface area contributed by atoms with Gasteiger partial charge in [-0.15, -0.1) is 0 Å². The molecule has 2 aromatic rings. The van der Waals surface area contributed by atoms with Crippen LogP contribution in [0.1, 0.15) is 11.1 Å². The lowest BCUT2D eigenvalue weighted by Crippen LogP contribution is -2.24. The first kappa shape index (κ1) is 11.7. The van der Waals surface area contributed by atoms with Crippen molar-refractivity contribution >= 4 is 16.9 Å². The van der Waals surface area contributed by atoms with Gasteiger partial charge in [0, 0.05) is 30.6 Å². The number of carboxylic acid groups (broad SMARTS) is 1. The van der Waals surface area contributed by atoms with Crippen LogP contribution in [0.5, 0.6) is 0 Å². The van der Waals surface area contributed by atoms with Crippen LogP contribution >= 0.6 is 0 Å². The molecule has 0 aliphatic carbocycles. The Labute approximate surface area is 99.2 Å². The summed E-state index contributed by atoms with van der Waals surface area (Å²) < 4.78 is 4.94. The maximum Gasteiger partial charge on any atom is 0.333 e. The molecule has 2 rings (SSSR count). The van der Waals surface area contributed by atoms with Gasteiger partial charge in [-0.2, -0.15) is 0 Å². The number of methoxy groups -OCH3 is 1. The largest absolute Gasteiger partial charge is 0.479 e. The molecular weight excluding hydrogens is 218 g/mol. The molecule has 2 N–H and O–H groups in total. The van der Waals surface area contributed by atoms with Gasteiger partial charge >= 0.3 is 5.97 Å². The summed E-state index contributed by atoms with van der Waals surface area (Å²) in [4.78, 5) is 14.1. The van der Waals surface area contributed by atoms with Crippen LogP contribution in [0.25, 0.3) is 10.9 Å². The van der Waals surface area contributed by atoms with Gasteiger partial charge in [0.05, 0.1) is 0 Å². The average molecular weight is 233 g/mol. The number of rotatable bonds is 4. The Kier molecular flexibility index (Phi) is 3.15. The maximum absolute atomic E-state index is 10.9. The van der Waals surface area contributed by atoms with E-state index in [1.54, 1.807) is 0 Å². The van der Waals surface area contributed by atoms with Crippen molar-refractivity contribution in [2.75, 3.05) is 7.11 Å². The Morgan fingerprint density at radius 1 is 1.53 bits per heavy atom. The summed E-state index contributed by atoms with van der Waals surface area (Å²) in [6, 6.07) is 6.06. The Balaban J connectivity index is 2.33. The first-order valence-corrected chi connectivity index (χ1v) is 5.44. The molecule has 1 heterocycles. The van der Waals surface area contributed by atoms with Crippen LogP contribution in [0, 0.1) is 6.92 Å². The van der Waals surface area contributed by atoms with E-state index in [2.05, 4.69) is 4.98 Å². The Bertz CT molecular complexity index is 545. The van der Waals surface area contributed by atoms with E-state index in [1.165, 1.54) is 12.7 Å². The minimum absolute atomic E-state index is 0.370. The van der Waals surface area contributed by atoms with E-state index in [0.29, 0.717) is 6.42 Å². The predicted octanol–water partition coefficient (Wildman–Crippen LogP) is 2.12. The lowest BCUT2D eigenvalue weighted by Gasteiger charge is -2.09. The number of aromatic nitrogens is 1. The number of benzene rings is 1. The monoisotopic (exact) mass is 233 g/mol. The third kappa shape index (κ3) is 2.31. The van der Waals surface area contributed by atoms with Gasteiger partial charge in [0.15, 0.2) is 6.10 Å². The number of hydrogen-bond acceptors (Lipinski definition) is 2. The summed E-state index contributed by atoms with van der Waals surface area (Å²) in [5.74, 6) is -0.936. The number of aryl methyl sites for hydroxylation is 1. The third-order valence-corrected chi connectivity index (χ3v) is 2.89. The molecule has 0 unspecified atom stereocenters. The van der Waals surface area contributed by atoms with Crippen molar-refractivity contribution in [1.82, 2.24) is 4.98 Å². The molecule has 0 bridgehead atoms. The van der Waals surface area contributed by atoms with Gasteiger partial charge in [-0.3, -0.25) is 0 Å². The van der Waals surface area contributed by atoms with Crippen molar-refractivity contribution in [3.63, 3.8) is 0 Å². The number of nitrogens with one attached hydrogen (secondary N) is 1. The van der Waals surface area contributed by atoms with E-state index in [4.69, 9.17) is 9.84 Å². The summed E-state index contributed by atoms with van der Waals surface area (Å²) in [5.41, 5.74) is 3.17. The summed E-state index contributed by atoms with van der Waals surface area (Å²) in [5, 5.41) is 10.0. The first-order valence-electron chi connectivity index (χ1n) is 5.44. The number of fused-ring (bicyclic) bond motifs is 1. The summed E-state index contributed by atoms with van der Waals surface area (Å²) in [7, 11) is 1.41. The van der Waals surface area contributed by atoms with Gasteiger partial charge in [0.2, 0.25) is 0 Å². The van der Waals surface area contributed by atoms with Gasteiger partial charge in [0.1, 0.15) is 0 Å². The molecule has 0 spiro atoms. The predicted molar refractivity (Wildman–Crippen MR) is 65.2 cm³/mol. The Morgan fingerprint density at radius 2 is 2.29 bits per heavy atom. The third-order valence-electron chi connectivity index (χ3n) is 2.89. The zero-order chi connectivity index (χ0) is 12.4. The highest BCUT2D eigenvalue weighted by Crippen LogP contribution is 2.21. The van der Waals surface area contributed by atoms with Crippen LogP contribution in [0.4, 0.5) is 0 Å². The molecule has 0 amide bonds. The zero-order valence-corrected chi connectivity index (χ0v) is 9.86. The van der Waals surface area contributed by atoms with E-state index in [0.717, 1.165) is 16.5 Å². The standard InChI is InChI=1S/C13H15NO3/c1-8-3-4-10-9(7-14-11(10)5-8)6-12(17-2)13(15)16/h3-5,7,12,14H,6H2,1-2H3,(H,15,16)/t12-/m0/s1. The van der Waals surface area contributed by atoms with Crippen LogP contribution < -0.4 is 0 Å². The Morgan fingerprint density at radius 3 is 2.94 bits per heavy atom. The van der Waals surface area contributed by atoms with Gasteiger partial charge < -0.3 is 14.8 Å². The van der Waals surface area contributed by atoms with Crippen LogP contribution in [-0.4, -0.2) is 29.3 Å². The second-order valence-corrected chi connectivity index (χ2v) is 4.13. The summed E-state index contributed by atoms with van der Waals surface area (Å²) in [6.07, 6.45) is 1.42. The van der Waals surface area contributed by atoms with E-state index >= 15 is 0 Å². The molecule has 90 valence electrons. The minimum Gasteiger partial charge on any atom is -0.479 e. The summed E-state index contributed by atoms with van der Waals surface area (Å²) >= 11 is 0. The number of carboxylic acids is 1. The van der Waals surface area contributed by atoms with E-state index < -0.39 is 12.1 Å². The van der Waals surface area contributed by atoms with Crippen LogP contribution in [0.3, 0.4) is 0 Å². The van der Waals surface area contributed by atoms with E-state index in [1.807, 2.05) is 31.3 Å².